The molecule has 0 saturated carbocycles. The molecule has 1 aromatic rings. The van der Waals surface area contributed by atoms with Crippen LogP contribution in [0.15, 0.2) is 12.1 Å². The summed E-state index contributed by atoms with van der Waals surface area (Å²) in [4.78, 5) is 2.26. The lowest BCUT2D eigenvalue weighted by Gasteiger charge is -2.32. The molecule has 0 aliphatic carbocycles. The van der Waals surface area contributed by atoms with Crippen LogP contribution in [-0.2, 0) is 4.74 Å². The number of rotatable bonds is 4. The number of hydrogen-bond donors (Lipinski definition) is 1. The number of likely N-dealkylation sites (N-methyl/N-ethyl adjacent to an activating group) is 1. The zero-order valence-electron chi connectivity index (χ0n) is 11.5. The third-order valence-electron chi connectivity index (χ3n) is 4.03. The van der Waals surface area contributed by atoms with Gasteiger partial charge in [0.1, 0.15) is 0 Å². The Kier molecular flexibility index (Phi) is 4.03. The minimum Gasteiger partial charge on any atom is -0.454 e. The summed E-state index contributed by atoms with van der Waals surface area (Å²) in [7, 11) is 2.08. The molecule has 0 amide bonds. The Balaban J connectivity index is 1.87. The van der Waals surface area contributed by atoms with Crippen LogP contribution in [0.2, 0.25) is 5.02 Å². The zero-order valence-corrected chi connectivity index (χ0v) is 12.2. The lowest BCUT2D eigenvalue weighted by molar-refractivity contribution is 0.134. The smallest absolute Gasteiger partial charge is 0.231 e. The van der Waals surface area contributed by atoms with Crippen molar-refractivity contribution in [2.75, 3.05) is 33.6 Å². The van der Waals surface area contributed by atoms with Crippen molar-refractivity contribution in [1.29, 1.82) is 0 Å². The van der Waals surface area contributed by atoms with Crippen molar-refractivity contribution in [3.8, 4) is 11.5 Å². The van der Waals surface area contributed by atoms with Gasteiger partial charge in [-0.05, 0) is 31.2 Å². The normalized spacial score (nSPS) is 22.5. The Morgan fingerprint density at radius 2 is 2.30 bits per heavy atom. The molecule has 1 aromatic carbocycles. The minimum absolute atomic E-state index is 0.0914. The van der Waals surface area contributed by atoms with Crippen molar-refractivity contribution in [1.82, 2.24) is 4.90 Å². The van der Waals surface area contributed by atoms with Crippen molar-refractivity contribution in [3.05, 3.63) is 22.7 Å². The second kappa shape index (κ2) is 5.77. The van der Waals surface area contributed by atoms with E-state index in [1.807, 2.05) is 12.1 Å². The van der Waals surface area contributed by atoms with E-state index in [0.717, 1.165) is 25.2 Å². The fourth-order valence-electron chi connectivity index (χ4n) is 2.81. The van der Waals surface area contributed by atoms with E-state index < -0.39 is 0 Å². The molecular formula is C14H19ClN2O3. The molecule has 0 radical (unpaired) electrons. The fraction of sp³-hybridized carbons (Fsp3) is 0.571. The van der Waals surface area contributed by atoms with E-state index in [2.05, 4.69) is 11.9 Å². The van der Waals surface area contributed by atoms with E-state index in [4.69, 9.17) is 31.5 Å². The number of halogens is 1. The van der Waals surface area contributed by atoms with Crippen LogP contribution in [0.1, 0.15) is 18.0 Å². The van der Waals surface area contributed by atoms with Gasteiger partial charge < -0.3 is 19.9 Å². The molecule has 0 bridgehead atoms. The third kappa shape index (κ3) is 2.46. The fourth-order valence-corrected chi connectivity index (χ4v) is 3.09. The summed E-state index contributed by atoms with van der Waals surface area (Å²) in [6.45, 7) is 2.31. The highest BCUT2D eigenvalue weighted by molar-refractivity contribution is 6.32. The maximum atomic E-state index is 6.25. The van der Waals surface area contributed by atoms with Crippen LogP contribution in [-0.4, -0.2) is 44.5 Å². The van der Waals surface area contributed by atoms with E-state index in [1.165, 1.54) is 0 Å². The SMILES string of the molecule is CN(C1CCOC1)C(CN)c1cc(Cl)c2c(c1)OCO2. The Morgan fingerprint density at radius 3 is 3.00 bits per heavy atom. The Bertz CT molecular complexity index is 492. The van der Waals surface area contributed by atoms with Crippen molar-refractivity contribution in [2.45, 2.75) is 18.5 Å². The van der Waals surface area contributed by atoms with Crippen LogP contribution in [0.25, 0.3) is 0 Å². The highest BCUT2D eigenvalue weighted by atomic mass is 35.5. The standard InChI is InChI=1S/C14H19ClN2O3/c1-17(10-2-3-18-7-10)12(6-16)9-4-11(15)14-13(5-9)19-8-20-14/h4-5,10,12H,2-3,6-8,16H2,1H3. The Hall–Kier alpha value is -1.01. The first-order chi connectivity index (χ1) is 9.70. The maximum Gasteiger partial charge on any atom is 0.231 e. The molecule has 1 saturated heterocycles. The van der Waals surface area contributed by atoms with Crippen LogP contribution in [0.5, 0.6) is 11.5 Å². The average molecular weight is 299 g/mol. The van der Waals surface area contributed by atoms with Gasteiger partial charge in [0.15, 0.2) is 11.5 Å². The molecule has 2 aliphatic heterocycles. The predicted molar refractivity (Wildman–Crippen MR) is 76.4 cm³/mol. The quantitative estimate of drug-likeness (QED) is 0.918. The van der Waals surface area contributed by atoms with Gasteiger partial charge in [0.2, 0.25) is 6.79 Å². The Labute approximate surface area is 123 Å². The van der Waals surface area contributed by atoms with Crippen LogP contribution in [0, 0.1) is 0 Å². The highest BCUT2D eigenvalue weighted by Gasteiger charge is 2.28. The summed E-state index contributed by atoms with van der Waals surface area (Å²) < 4.78 is 16.2. The van der Waals surface area contributed by atoms with Gasteiger partial charge in [-0.1, -0.05) is 11.6 Å². The molecule has 6 heteroatoms. The first-order valence-electron chi connectivity index (χ1n) is 6.79. The molecule has 0 spiro atoms. The first-order valence-corrected chi connectivity index (χ1v) is 7.17. The third-order valence-corrected chi connectivity index (χ3v) is 4.31. The highest BCUT2D eigenvalue weighted by Crippen LogP contribution is 2.41. The zero-order chi connectivity index (χ0) is 14.1. The molecule has 0 aromatic heterocycles. The Morgan fingerprint density at radius 1 is 1.45 bits per heavy atom. The molecule has 2 atom stereocenters. The van der Waals surface area contributed by atoms with E-state index in [0.29, 0.717) is 29.1 Å². The lowest BCUT2D eigenvalue weighted by Crippen LogP contribution is -2.38. The summed E-state index contributed by atoms with van der Waals surface area (Å²) in [5.41, 5.74) is 7.02. The van der Waals surface area contributed by atoms with E-state index in [1.54, 1.807) is 0 Å². The molecule has 20 heavy (non-hydrogen) atoms. The van der Waals surface area contributed by atoms with Crippen LogP contribution >= 0.6 is 11.6 Å². The number of nitrogens with two attached hydrogens (primary N) is 1. The molecular weight excluding hydrogens is 280 g/mol. The number of ether oxygens (including phenoxy) is 3. The number of benzene rings is 1. The summed E-state index contributed by atoms with van der Waals surface area (Å²) in [5, 5.41) is 0.574. The van der Waals surface area contributed by atoms with Crippen LogP contribution in [0.4, 0.5) is 0 Å². The molecule has 2 heterocycles. The van der Waals surface area contributed by atoms with Crippen molar-refractivity contribution < 1.29 is 14.2 Å². The number of hydrogen-bond acceptors (Lipinski definition) is 5. The van der Waals surface area contributed by atoms with Crippen molar-refractivity contribution in [2.24, 2.45) is 5.73 Å². The van der Waals surface area contributed by atoms with Gasteiger partial charge in [-0.25, -0.2) is 0 Å². The number of fused-ring (bicyclic) bond motifs is 1. The predicted octanol–water partition coefficient (Wildman–Crippen LogP) is 1.79. The van der Waals surface area contributed by atoms with Gasteiger partial charge in [-0.15, -0.1) is 0 Å². The summed E-state index contributed by atoms with van der Waals surface area (Å²) >= 11 is 6.25. The van der Waals surface area contributed by atoms with Crippen LogP contribution in [0.3, 0.4) is 0 Å². The van der Waals surface area contributed by atoms with Crippen molar-refractivity contribution in [3.63, 3.8) is 0 Å². The van der Waals surface area contributed by atoms with Gasteiger partial charge in [0.25, 0.3) is 0 Å². The minimum atomic E-state index is 0.0914. The first kappa shape index (κ1) is 13.9. The molecule has 110 valence electrons. The average Bonchev–Trinajstić information content (AvgIpc) is 3.10. The van der Waals surface area contributed by atoms with Gasteiger partial charge in [0.05, 0.1) is 11.6 Å². The molecule has 3 rings (SSSR count). The second-order valence-electron chi connectivity index (χ2n) is 5.17. The van der Waals surface area contributed by atoms with Gasteiger partial charge in [0, 0.05) is 25.2 Å². The largest absolute Gasteiger partial charge is 0.454 e. The lowest BCUT2D eigenvalue weighted by atomic mass is 10.0. The van der Waals surface area contributed by atoms with Gasteiger partial charge >= 0.3 is 0 Å². The summed E-state index contributed by atoms with van der Waals surface area (Å²) in [6.07, 6.45) is 1.03. The molecule has 1 fully saturated rings. The van der Waals surface area contributed by atoms with E-state index in [9.17, 15) is 0 Å². The van der Waals surface area contributed by atoms with E-state index in [-0.39, 0.29) is 12.8 Å². The van der Waals surface area contributed by atoms with E-state index >= 15 is 0 Å². The second-order valence-corrected chi connectivity index (χ2v) is 5.58. The molecule has 2 unspecified atom stereocenters. The molecule has 2 aliphatic rings. The van der Waals surface area contributed by atoms with Crippen LogP contribution < -0.4 is 15.2 Å². The van der Waals surface area contributed by atoms with Crippen molar-refractivity contribution >= 4 is 11.6 Å². The van der Waals surface area contributed by atoms with Gasteiger partial charge in [-0.3, -0.25) is 4.90 Å². The number of nitrogens with zero attached hydrogens (tertiary/aromatic N) is 1. The molecule has 2 N–H and O–H groups in total. The summed E-state index contributed by atoms with van der Waals surface area (Å²) in [6, 6.07) is 4.37. The summed E-state index contributed by atoms with van der Waals surface area (Å²) in [5.74, 6) is 1.32. The molecule has 5 nitrogen and oxygen atoms in total. The van der Waals surface area contributed by atoms with Gasteiger partial charge in [-0.2, -0.15) is 0 Å². The monoisotopic (exact) mass is 298 g/mol. The topological polar surface area (TPSA) is 57.0 Å². The maximum absolute atomic E-state index is 6.25.